The Morgan fingerprint density at radius 2 is 0.737 bits per heavy atom. The second kappa shape index (κ2) is 18.3. The van der Waals surface area contributed by atoms with E-state index in [0.29, 0.717) is 50.3 Å². The number of nitrogens with zero attached hydrogens (tertiary/aromatic N) is 7. The quantitative estimate of drug-likeness (QED) is 0.149. The van der Waals surface area contributed by atoms with Crippen molar-refractivity contribution < 1.29 is 13.2 Å². The number of hydrogen-bond acceptors (Lipinski definition) is 3. The fraction of sp³-hybridized carbons (Fsp3) is 0.0152. The molecule has 0 saturated heterocycles. The highest BCUT2D eigenvalue weighted by Gasteiger charge is 2.37. The third-order valence-electron chi connectivity index (χ3n) is 14.0. The van der Waals surface area contributed by atoms with Crippen molar-refractivity contribution in [3.8, 4) is 85.2 Å². The van der Waals surface area contributed by atoms with Crippen molar-refractivity contribution in [1.29, 1.82) is 15.8 Å². The predicted octanol–water partition coefficient (Wildman–Crippen LogP) is 18.0. The van der Waals surface area contributed by atoms with E-state index in [-0.39, 0.29) is 22.4 Å². The highest BCUT2D eigenvalue weighted by Crippen LogP contribution is 2.48. The lowest BCUT2D eigenvalue weighted by molar-refractivity contribution is -0.137. The molecule has 0 aliphatic heterocycles. The fourth-order valence-corrected chi connectivity index (χ4v) is 10.6. The summed E-state index contributed by atoms with van der Waals surface area (Å²) in [5.74, 6) is 0. The van der Waals surface area contributed by atoms with Crippen LogP contribution in [-0.2, 0) is 6.18 Å². The van der Waals surface area contributed by atoms with E-state index in [4.69, 9.17) is 13.1 Å². The van der Waals surface area contributed by atoms with Gasteiger partial charge in [0.25, 0.3) is 0 Å². The zero-order chi connectivity index (χ0) is 52.2. The zero-order valence-corrected chi connectivity index (χ0v) is 39.9. The molecule has 0 N–H and O–H groups in total. The van der Waals surface area contributed by atoms with Gasteiger partial charge in [0.2, 0.25) is 0 Å². The second-order valence-corrected chi connectivity index (χ2v) is 18.3. The van der Waals surface area contributed by atoms with E-state index in [1.807, 2.05) is 143 Å². The minimum atomic E-state index is -4.87. The van der Waals surface area contributed by atoms with E-state index in [1.54, 1.807) is 54.6 Å². The lowest BCUT2D eigenvalue weighted by atomic mass is 9.93. The Bertz CT molecular complexity index is 4420. The molecule has 12 rings (SSSR count). The summed E-state index contributed by atoms with van der Waals surface area (Å²) < 4.78 is 52.1. The molecule has 0 aliphatic rings. The number of fused-ring (bicyclic) bond motifs is 6. The van der Waals surface area contributed by atoms with Crippen LogP contribution in [0.15, 0.2) is 206 Å². The monoisotopic (exact) mass is 981 g/mol. The van der Waals surface area contributed by atoms with Gasteiger partial charge in [0.15, 0.2) is 11.4 Å². The van der Waals surface area contributed by atoms with Gasteiger partial charge in [-0.2, -0.15) is 29.0 Å². The Labute approximate surface area is 433 Å². The molecule has 10 heteroatoms. The SMILES string of the molecule is [C-]#[N+]c1cccc(-c2ccc3c(c2)c2cc(-c4cccc(C#N)c4)ccc2n3-c2ccc(C#N)cc2-c2c(-n3c4ccc(-c5cccc(C#N)c5)cc4c4cc(-c5cccc([N+]#[C-])c5)ccc43)cccc2C(F)(F)F)c1. The van der Waals surface area contributed by atoms with E-state index in [0.717, 1.165) is 72.1 Å². The predicted molar refractivity (Wildman–Crippen MR) is 294 cm³/mol. The second-order valence-electron chi connectivity index (χ2n) is 18.3. The molecule has 2 aromatic heterocycles. The highest BCUT2D eigenvalue weighted by molar-refractivity contribution is 6.14. The Hall–Kier alpha value is -11.0. The summed E-state index contributed by atoms with van der Waals surface area (Å²) in [6.07, 6.45) is -4.87. The Morgan fingerprint density at radius 1 is 0.368 bits per heavy atom. The first kappa shape index (κ1) is 46.1. The van der Waals surface area contributed by atoms with Gasteiger partial charge in [0.1, 0.15) is 0 Å². The number of hydrogen-bond donors (Lipinski definition) is 0. The summed E-state index contributed by atoms with van der Waals surface area (Å²) in [7, 11) is 0. The first-order valence-corrected chi connectivity index (χ1v) is 23.9. The van der Waals surface area contributed by atoms with Crippen LogP contribution in [0.25, 0.3) is 120 Å². The van der Waals surface area contributed by atoms with Crippen LogP contribution in [0, 0.1) is 47.1 Å². The van der Waals surface area contributed by atoms with Gasteiger partial charge in [-0.05, 0) is 160 Å². The van der Waals surface area contributed by atoms with Gasteiger partial charge in [-0.15, -0.1) is 0 Å². The highest BCUT2D eigenvalue weighted by atomic mass is 19.4. The van der Waals surface area contributed by atoms with Crippen molar-refractivity contribution >= 4 is 55.0 Å². The molecule has 0 bridgehead atoms. The molecule has 10 aromatic carbocycles. The van der Waals surface area contributed by atoms with Crippen LogP contribution < -0.4 is 0 Å². The minimum Gasteiger partial charge on any atom is -0.309 e. The van der Waals surface area contributed by atoms with Gasteiger partial charge in [0, 0.05) is 32.7 Å². The van der Waals surface area contributed by atoms with Crippen LogP contribution >= 0.6 is 0 Å². The Balaban J connectivity index is 1.16. The van der Waals surface area contributed by atoms with Crippen LogP contribution in [0.3, 0.4) is 0 Å². The van der Waals surface area contributed by atoms with Crippen LogP contribution in [0.2, 0.25) is 0 Å². The van der Waals surface area contributed by atoms with Crippen molar-refractivity contribution in [2.75, 3.05) is 0 Å². The molecule has 0 atom stereocenters. The first-order valence-electron chi connectivity index (χ1n) is 23.9. The average molecular weight is 982 g/mol. The van der Waals surface area contributed by atoms with Crippen LogP contribution in [0.1, 0.15) is 22.3 Å². The molecule has 76 heavy (non-hydrogen) atoms. The van der Waals surface area contributed by atoms with E-state index in [9.17, 15) is 15.8 Å². The summed E-state index contributed by atoms with van der Waals surface area (Å²) in [5, 5.41) is 33.2. The number of alkyl halides is 3. The maximum atomic E-state index is 16.1. The van der Waals surface area contributed by atoms with Crippen molar-refractivity contribution in [2.45, 2.75) is 6.18 Å². The molecule has 0 aliphatic carbocycles. The Morgan fingerprint density at radius 3 is 1.14 bits per heavy atom. The van der Waals surface area contributed by atoms with Gasteiger partial charge in [-0.25, -0.2) is 9.69 Å². The van der Waals surface area contributed by atoms with E-state index in [1.165, 1.54) is 12.1 Å². The van der Waals surface area contributed by atoms with Crippen LogP contribution in [-0.4, -0.2) is 9.13 Å². The molecule has 7 nitrogen and oxygen atoms in total. The molecule has 0 radical (unpaired) electrons. The van der Waals surface area contributed by atoms with Crippen molar-refractivity contribution in [2.24, 2.45) is 0 Å². The van der Waals surface area contributed by atoms with Crippen molar-refractivity contribution in [1.82, 2.24) is 9.13 Å². The normalized spacial score (nSPS) is 11.3. The maximum Gasteiger partial charge on any atom is 0.417 e. The molecule has 354 valence electrons. The van der Waals surface area contributed by atoms with E-state index < -0.39 is 11.7 Å². The van der Waals surface area contributed by atoms with Gasteiger partial charge < -0.3 is 9.13 Å². The topological polar surface area (TPSA) is 90.0 Å². The zero-order valence-electron chi connectivity index (χ0n) is 39.9. The molecule has 0 spiro atoms. The lowest BCUT2D eigenvalue weighted by Gasteiger charge is -2.22. The maximum absolute atomic E-state index is 16.1. The third-order valence-corrected chi connectivity index (χ3v) is 14.0. The average Bonchev–Trinajstić information content (AvgIpc) is 4.06. The fourth-order valence-electron chi connectivity index (χ4n) is 10.6. The summed E-state index contributed by atoms with van der Waals surface area (Å²) in [6, 6.07) is 68.2. The summed E-state index contributed by atoms with van der Waals surface area (Å²) >= 11 is 0. The number of benzene rings is 10. The number of aromatic nitrogens is 2. The van der Waals surface area contributed by atoms with Gasteiger partial charge >= 0.3 is 6.18 Å². The van der Waals surface area contributed by atoms with Crippen LogP contribution in [0.4, 0.5) is 24.5 Å². The van der Waals surface area contributed by atoms with Crippen molar-refractivity contribution in [3.05, 3.63) is 251 Å². The molecule has 0 unspecified atom stereocenters. The molecular formula is C66H34F3N7. The third kappa shape index (κ3) is 7.83. The molecule has 0 saturated carbocycles. The van der Waals surface area contributed by atoms with Gasteiger partial charge in [-0.3, -0.25) is 0 Å². The molecule has 12 aromatic rings. The largest absolute Gasteiger partial charge is 0.417 e. The molecule has 0 fully saturated rings. The minimum absolute atomic E-state index is 0.145. The smallest absolute Gasteiger partial charge is 0.309 e. The molecule has 0 amide bonds. The summed E-state index contributed by atoms with van der Waals surface area (Å²) in [5.41, 5.74) is 10.8. The van der Waals surface area contributed by atoms with E-state index in [2.05, 4.69) is 27.9 Å². The summed E-state index contributed by atoms with van der Waals surface area (Å²) in [4.78, 5) is 7.30. The summed E-state index contributed by atoms with van der Waals surface area (Å²) in [6.45, 7) is 15.4. The van der Waals surface area contributed by atoms with Gasteiger partial charge in [0.05, 0.1) is 87.0 Å². The molecular weight excluding hydrogens is 948 g/mol. The van der Waals surface area contributed by atoms with Crippen LogP contribution in [0.5, 0.6) is 0 Å². The standard InChI is InChI=1S/C66H34F3N7/c1-73-51-14-5-12-45(31-51)49-21-25-60-54(35-49)53-33-47(43-10-3-8-40(28-43)37-70)19-24-59(53)75(60)63-23-18-42(39-72)30-57(63)65-58(66(67,68)69)16-7-17-64(65)76-61-26-20-48(44-11-4-9-41(29-44)38-71)34-55(61)56-36-50(22-27-62(56)76)46-13-6-15-52(32-46)74-2/h3-36H. The Kier molecular flexibility index (Phi) is 11.1. The lowest BCUT2D eigenvalue weighted by Crippen LogP contribution is -2.11. The number of nitriles is 3. The molecule has 2 heterocycles. The van der Waals surface area contributed by atoms with E-state index >= 15 is 13.2 Å². The first-order chi connectivity index (χ1) is 37.0. The van der Waals surface area contributed by atoms with Crippen molar-refractivity contribution in [3.63, 3.8) is 0 Å². The van der Waals surface area contributed by atoms with Gasteiger partial charge in [-0.1, -0.05) is 91.0 Å². The number of rotatable bonds is 7. The number of halogens is 3.